The molecule has 3 heteroatoms. The molecule has 1 N–H and O–H groups in total. The van der Waals surface area contributed by atoms with E-state index in [9.17, 15) is 5.11 Å². The van der Waals surface area contributed by atoms with Gasteiger partial charge in [-0.25, -0.2) is 0 Å². The fourth-order valence-corrected chi connectivity index (χ4v) is 2.35. The van der Waals surface area contributed by atoms with Gasteiger partial charge in [0.25, 0.3) is 0 Å². The van der Waals surface area contributed by atoms with Crippen LogP contribution in [-0.4, -0.2) is 21.0 Å². The van der Waals surface area contributed by atoms with E-state index < -0.39 is 0 Å². The van der Waals surface area contributed by atoms with Crippen LogP contribution in [0.15, 0.2) is 24.4 Å². The summed E-state index contributed by atoms with van der Waals surface area (Å²) in [6.45, 7) is 6.16. The number of hydrogen-bond acceptors (Lipinski definition) is 2. The topological polar surface area (TPSA) is 38.0 Å². The molecule has 1 aliphatic carbocycles. The van der Waals surface area contributed by atoms with Crippen LogP contribution in [0, 0.1) is 0 Å². The number of aryl methyl sites for hydroxylation is 1. The minimum Gasteiger partial charge on any atom is -0.393 e. The zero-order valence-electron chi connectivity index (χ0n) is 11.4. The molecule has 0 unspecified atom stereocenters. The Morgan fingerprint density at radius 2 is 2.06 bits per heavy atom. The lowest BCUT2D eigenvalue weighted by Crippen LogP contribution is -2.31. The summed E-state index contributed by atoms with van der Waals surface area (Å²) < 4.78 is 2.07. The van der Waals surface area contributed by atoms with Crippen molar-refractivity contribution in [3.05, 3.63) is 30.0 Å². The van der Waals surface area contributed by atoms with Gasteiger partial charge in [-0.2, -0.15) is 5.10 Å². The zero-order valence-corrected chi connectivity index (χ0v) is 11.4. The van der Waals surface area contributed by atoms with Gasteiger partial charge in [0.1, 0.15) is 0 Å². The first kappa shape index (κ1) is 13.1. The third-order valence-electron chi connectivity index (χ3n) is 3.51. The first-order chi connectivity index (χ1) is 8.78. The van der Waals surface area contributed by atoms with E-state index >= 15 is 0 Å². The Morgan fingerprint density at radius 3 is 2.67 bits per heavy atom. The van der Waals surface area contributed by atoms with E-state index in [2.05, 4.69) is 34.9 Å². The van der Waals surface area contributed by atoms with Crippen LogP contribution in [0.1, 0.15) is 45.2 Å². The second-order valence-electron chi connectivity index (χ2n) is 4.61. The van der Waals surface area contributed by atoms with E-state index in [0.717, 1.165) is 19.3 Å². The molecule has 0 atom stereocenters. The van der Waals surface area contributed by atoms with E-state index in [1.165, 1.54) is 16.5 Å². The van der Waals surface area contributed by atoms with Crippen molar-refractivity contribution in [2.45, 2.75) is 52.2 Å². The number of aliphatic hydroxyl groups is 1. The van der Waals surface area contributed by atoms with Gasteiger partial charge in [0.2, 0.25) is 0 Å². The van der Waals surface area contributed by atoms with Gasteiger partial charge in [-0.05, 0) is 30.9 Å². The van der Waals surface area contributed by atoms with Gasteiger partial charge in [-0.3, -0.25) is 4.68 Å². The second-order valence-corrected chi connectivity index (χ2v) is 4.61. The smallest absolute Gasteiger partial charge is 0.0688 e. The Morgan fingerprint density at radius 1 is 1.33 bits per heavy atom. The number of nitrogens with zero attached hydrogens (tertiary/aromatic N) is 2. The maximum Gasteiger partial charge on any atom is 0.0688 e. The SMILES string of the molecule is CC.CCc1ccc2cnn(C3CC(O)C3)c2c1. The minimum atomic E-state index is -0.126. The normalized spacial score (nSPS) is 22.2. The number of aromatic nitrogens is 2. The minimum absolute atomic E-state index is 0.126. The van der Waals surface area contributed by atoms with Crippen molar-refractivity contribution in [1.29, 1.82) is 0 Å². The van der Waals surface area contributed by atoms with Crippen molar-refractivity contribution in [3.63, 3.8) is 0 Å². The van der Waals surface area contributed by atoms with Crippen LogP contribution in [-0.2, 0) is 6.42 Å². The molecule has 1 fully saturated rings. The molecule has 0 spiro atoms. The second kappa shape index (κ2) is 5.53. The van der Waals surface area contributed by atoms with Crippen molar-refractivity contribution >= 4 is 10.9 Å². The molecule has 18 heavy (non-hydrogen) atoms. The Labute approximate surface area is 108 Å². The van der Waals surface area contributed by atoms with E-state index in [1.54, 1.807) is 0 Å². The lowest BCUT2D eigenvalue weighted by molar-refractivity contribution is 0.0453. The van der Waals surface area contributed by atoms with Crippen LogP contribution in [0.5, 0.6) is 0 Å². The molecule has 1 heterocycles. The predicted molar refractivity (Wildman–Crippen MR) is 74.7 cm³/mol. The average molecular weight is 246 g/mol. The molecule has 0 saturated heterocycles. The molecule has 1 aliphatic rings. The van der Waals surface area contributed by atoms with Crippen molar-refractivity contribution < 1.29 is 5.11 Å². The molecular weight excluding hydrogens is 224 g/mol. The van der Waals surface area contributed by atoms with Crippen LogP contribution >= 0.6 is 0 Å². The molecule has 0 radical (unpaired) electrons. The number of benzene rings is 1. The van der Waals surface area contributed by atoms with Crippen LogP contribution < -0.4 is 0 Å². The van der Waals surface area contributed by atoms with E-state index in [4.69, 9.17) is 0 Å². The van der Waals surface area contributed by atoms with E-state index in [-0.39, 0.29) is 6.10 Å². The van der Waals surface area contributed by atoms with Gasteiger partial charge in [0.15, 0.2) is 0 Å². The van der Waals surface area contributed by atoms with Gasteiger partial charge in [0, 0.05) is 5.39 Å². The maximum absolute atomic E-state index is 9.35. The average Bonchev–Trinajstić information content (AvgIpc) is 2.80. The van der Waals surface area contributed by atoms with Crippen LogP contribution in [0.3, 0.4) is 0 Å². The monoisotopic (exact) mass is 246 g/mol. The predicted octanol–water partition coefficient (Wildman–Crippen LogP) is 3.32. The summed E-state index contributed by atoms with van der Waals surface area (Å²) in [5.41, 5.74) is 2.55. The summed E-state index contributed by atoms with van der Waals surface area (Å²) in [6.07, 6.45) is 4.52. The highest BCUT2D eigenvalue weighted by atomic mass is 16.3. The Balaban J connectivity index is 0.000000574. The van der Waals surface area contributed by atoms with Crippen LogP contribution in [0.25, 0.3) is 10.9 Å². The molecule has 1 aromatic carbocycles. The molecular formula is C15H22N2O. The summed E-state index contributed by atoms with van der Waals surface area (Å²) in [5, 5.41) is 15.0. The van der Waals surface area contributed by atoms with Gasteiger partial charge in [-0.15, -0.1) is 0 Å². The molecule has 3 rings (SSSR count). The summed E-state index contributed by atoms with van der Waals surface area (Å²) >= 11 is 0. The van der Waals surface area contributed by atoms with Crippen molar-refractivity contribution in [3.8, 4) is 0 Å². The quantitative estimate of drug-likeness (QED) is 0.882. The highest BCUT2D eigenvalue weighted by Crippen LogP contribution is 2.34. The molecule has 1 saturated carbocycles. The Hall–Kier alpha value is -1.35. The standard InChI is InChI=1S/C13H16N2O.C2H6/c1-2-9-3-4-10-8-14-15(13(10)5-9)11-6-12(16)7-11;1-2/h3-5,8,11-12,16H,2,6-7H2,1H3;1-2H3. The summed E-state index contributed by atoms with van der Waals surface area (Å²) in [7, 11) is 0. The summed E-state index contributed by atoms with van der Waals surface area (Å²) in [6, 6.07) is 6.89. The van der Waals surface area contributed by atoms with Gasteiger partial charge < -0.3 is 5.11 Å². The Kier molecular flexibility index (Phi) is 4.02. The number of rotatable bonds is 2. The summed E-state index contributed by atoms with van der Waals surface area (Å²) in [5.74, 6) is 0. The lowest BCUT2D eigenvalue weighted by Gasteiger charge is -2.32. The molecule has 98 valence electrons. The number of fused-ring (bicyclic) bond motifs is 1. The van der Waals surface area contributed by atoms with Gasteiger partial charge in [0.05, 0.1) is 23.9 Å². The van der Waals surface area contributed by atoms with Gasteiger partial charge in [-0.1, -0.05) is 32.9 Å². The van der Waals surface area contributed by atoms with Crippen molar-refractivity contribution in [2.24, 2.45) is 0 Å². The van der Waals surface area contributed by atoms with E-state index in [1.807, 2.05) is 20.0 Å². The van der Waals surface area contributed by atoms with Crippen molar-refractivity contribution in [1.82, 2.24) is 9.78 Å². The maximum atomic E-state index is 9.35. The fourth-order valence-electron chi connectivity index (χ4n) is 2.35. The molecule has 0 aliphatic heterocycles. The molecule has 0 amide bonds. The third-order valence-corrected chi connectivity index (χ3v) is 3.51. The Bertz CT molecular complexity index is 512. The molecule has 2 aromatic rings. The molecule has 1 aromatic heterocycles. The summed E-state index contributed by atoms with van der Waals surface area (Å²) in [4.78, 5) is 0. The van der Waals surface area contributed by atoms with Crippen molar-refractivity contribution in [2.75, 3.05) is 0 Å². The van der Waals surface area contributed by atoms with Crippen LogP contribution in [0.2, 0.25) is 0 Å². The lowest BCUT2D eigenvalue weighted by atomic mass is 9.89. The highest BCUT2D eigenvalue weighted by Gasteiger charge is 2.30. The largest absolute Gasteiger partial charge is 0.393 e. The zero-order chi connectivity index (χ0) is 13.1. The van der Waals surface area contributed by atoms with Crippen LogP contribution in [0.4, 0.5) is 0 Å². The number of hydrogen-bond donors (Lipinski definition) is 1. The highest BCUT2D eigenvalue weighted by molar-refractivity contribution is 5.79. The number of aliphatic hydroxyl groups excluding tert-OH is 1. The first-order valence-corrected chi connectivity index (χ1v) is 6.92. The van der Waals surface area contributed by atoms with E-state index in [0.29, 0.717) is 6.04 Å². The first-order valence-electron chi connectivity index (χ1n) is 6.92. The van der Waals surface area contributed by atoms with Gasteiger partial charge >= 0.3 is 0 Å². The molecule has 0 bridgehead atoms. The molecule has 3 nitrogen and oxygen atoms in total. The third kappa shape index (κ3) is 2.27. The fraction of sp³-hybridized carbons (Fsp3) is 0.533.